The van der Waals surface area contributed by atoms with E-state index >= 15 is 0 Å². The largest absolute Gasteiger partial charge is 0.482 e. The van der Waals surface area contributed by atoms with Crippen molar-refractivity contribution in [1.29, 1.82) is 0 Å². The van der Waals surface area contributed by atoms with Crippen LogP contribution in [-0.4, -0.2) is 30.3 Å². The van der Waals surface area contributed by atoms with Gasteiger partial charge in [-0.25, -0.2) is 0 Å². The Morgan fingerprint density at radius 3 is 2.88 bits per heavy atom. The van der Waals surface area contributed by atoms with E-state index in [1.165, 1.54) is 0 Å². The van der Waals surface area contributed by atoms with Crippen LogP contribution in [0, 0.1) is 0 Å². The van der Waals surface area contributed by atoms with Crippen LogP contribution >= 0.6 is 11.6 Å². The predicted molar refractivity (Wildman–Crippen MR) is 66.3 cm³/mol. The molecule has 0 aliphatic rings. The van der Waals surface area contributed by atoms with Crippen LogP contribution in [0.25, 0.3) is 0 Å². The molecule has 17 heavy (non-hydrogen) atoms. The minimum atomic E-state index is -0.231. The average Bonchev–Trinajstić information content (AvgIpc) is 2.28. The molecule has 0 saturated carbocycles. The number of aliphatic hydroxyl groups excluding tert-OH is 1. The normalized spacial score (nSPS) is 11.9. The lowest BCUT2D eigenvalue weighted by atomic mass is 10.2. The third-order valence-electron chi connectivity index (χ3n) is 2.16. The second kappa shape index (κ2) is 7.14. The van der Waals surface area contributed by atoms with Crippen LogP contribution < -0.4 is 10.1 Å². The zero-order chi connectivity index (χ0) is 12.7. The standard InChI is InChI=1S/C12H16ClNO3/c1-9(6-7-15)14-12(16)8-17-11-5-3-2-4-10(11)13/h2-5,9,15H,6-8H2,1H3,(H,14,16). The summed E-state index contributed by atoms with van der Waals surface area (Å²) in [7, 11) is 0. The van der Waals surface area contributed by atoms with Gasteiger partial charge in [0.25, 0.3) is 5.91 Å². The maximum atomic E-state index is 11.5. The lowest BCUT2D eigenvalue weighted by molar-refractivity contribution is -0.123. The number of hydrogen-bond donors (Lipinski definition) is 2. The van der Waals surface area contributed by atoms with Crippen molar-refractivity contribution in [2.75, 3.05) is 13.2 Å². The monoisotopic (exact) mass is 257 g/mol. The van der Waals surface area contributed by atoms with Crippen LogP contribution in [0.15, 0.2) is 24.3 Å². The molecule has 2 N–H and O–H groups in total. The Kier molecular flexibility index (Phi) is 5.80. The second-order valence-electron chi connectivity index (χ2n) is 3.70. The van der Waals surface area contributed by atoms with Gasteiger partial charge in [-0.3, -0.25) is 4.79 Å². The summed E-state index contributed by atoms with van der Waals surface area (Å²) in [5.41, 5.74) is 0. The van der Waals surface area contributed by atoms with E-state index in [4.69, 9.17) is 21.4 Å². The molecule has 1 amide bonds. The number of carbonyl (C=O) groups excluding carboxylic acids is 1. The Balaban J connectivity index is 2.36. The van der Waals surface area contributed by atoms with E-state index < -0.39 is 0 Å². The zero-order valence-electron chi connectivity index (χ0n) is 9.65. The minimum Gasteiger partial charge on any atom is -0.482 e. The number of carbonyl (C=O) groups is 1. The Morgan fingerprint density at radius 2 is 2.24 bits per heavy atom. The molecular weight excluding hydrogens is 242 g/mol. The number of benzene rings is 1. The number of hydrogen-bond acceptors (Lipinski definition) is 3. The van der Waals surface area contributed by atoms with Gasteiger partial charge < -0.3 is 15.2 Å². The van der Waals surface area contributed by atoms with E-state index in [-0.39, 0.29) is 25.2 Å². The van der Waals surface area contributed by atoms with E-state index in [0.717, 1.165) is 0 Å². The SMILES string of the molecule is CC(CCO)NC(=O)COc1ccccc1Cl. The van der Waals surface area contributed by atoms with E-state index in [2.05, 4.69) is 5.32 Å². The maximum Gasteiger partial charge on any atom is 0.258 e. The van der Waals surface area contributed by atoms with Crippen LogP contribution in [0.3, 0.4) is 0 Å². The summed E-state index contributed by atoms with van der Waals surface area (Å²) in [6.07, 6.45) is 0.526. The van der Waals surface area contributed by atoms with Gasteiger partial charge in [-0.1, -0.05) is 23.7 Å². The zero-order valence-corrected chi connectivity index (χ0v) is 10.4. The van der Waals surface area contributed by atoms with E-state index in [9.17, 15) is 4.79 Å². The summed E-state index contributed by atoms with van der Waals surface area (Å²) in [6, 6.07) is 6.91. The first-order valence-corrected chi connectivity index (χ1v) is 5.79. The average molecular weight is 258 g/mol. The van der Waals surface area contributed by atoms with Gasteiger partial charge in [-0.2, -0.15) is 0 Å². The number of amides is 1. The molecule has 1 aromatic rings. The molecule has 0 aliphatic heterocycles. The molecule has 0 heterocycles. The van der Waals surface area contributed by atoms with Crippen LogP contribution in [-0.2, 0) is 4.79 Å². The van der Waals surface area contributed by atoms with Gasteiger partial charge in [0.15, 0.2) is 6.61 Å². The molecule has 0 spiro atoms. The highest BCUT2D eigenvalue weighted by molar-refractivity contribution is 6.32. The van der Waals surface area contributed by atoms with Crippen LogP contribution in [0.1, 0.15) is 13.3 Å². The summed E-state index contributed by atoms with van der Waals surface area (Å²) < 4.78 is 5.27. The number of ether oxygens (including phenoxy) is 1. The highest BCUT2D eigenvalue weighted by Gasteiger charge is 2.08. The fourth-order valence-corrected chi connectivity index (χ4v) is 1.48. The van der Waals surface area contributed by atoms with Crippen molar-refractivity contribution >= 4 is 17.5 Å². The summed E-state index contributed by atoms with van der Waals surface area (Å²) in [6.45, 7) is 1.79. The fourth-order valence-electron chi connectivity index (χ4n) is 1.29. The van der Waals surface area contributed by atoms with Crippen molar-refractivity contribution in [2.24, 2.45) is 0 Å². The number of rotatable bonds is 6. The molecule has 0 aromatic heterocycles. The van der Waals surface area contributed by atoms with Gasteiger partial charge in [0.1, 0.15) is 5.75 Å². The highest BCUT2D eigenvalue weighted by Crippen LogP contribution is 2.22. The predicted octanol–water partition coefficient (Wildman–Crippen LogP) is 1.61. The Bertz CT molecular complexity index is 371. The highest BCUT2D eigenvalue weighted by atomic mass is 35.5. The first-order valence-electron chi connectivity index (χ1n) is 5.41. The third kappa shape index (κ3) is 5.06. The van der Waals surface area contributed by atoms with Crippen LogP contribution in [0.5, 0.6) is 5.75 Å². The molecule has 5 heteroatoms. The molecule has 1 rings (SSSR count). The molecule has 4 nitrogen and oxygen atoms in total. The van der Waals surface area contributed by atoms with Gasteiger partial charge in [-0.05, 0) is 25.5 Å². The fraction of sp³-hybridized carbons (Fsp3) is 0.417. The van der Waals surface area contributed by atoms with Crippen LogP contribution in [0.4, 0.5) is 0 Å². The van der Waals surface area contributed by atoms with Gasteiger partial charge in [0, 0.05) is 12.6 Å². The molecule has 0 fully saturated rings. The Hall–Kier alpha value is -1.26. The van der Waals surface area contributed by atoms with Gasteiger partial charge in [0.2, 0.25) is 0 Å². The van der Waals surface area contributed by atoms with E-state index in [0.29, 0.717) is 17.2 Å². The van der Waals surface area contributed by atoms with Crippen LogP contribution in [0.2, 0.25) is 5.02 Å². The first kappa shape index (κ1) is 13.8. The molecule has 1 aromatic carbocycles. The maximum absolute atomic E-state index is 11.5. The molecule has 0 aliphatic carbocycles. The van der Waals surface area contributed by atoms with Crippen molar-refractivity contribution < 1.29 is 14.6 Å². The molecule has 94 valence electrons. The molecule has 1 atom stereocenters. The minimum absolute atomic E-state index is 0.0484. The topological polar surface area (TPSA) is 58.6 Å². The van der Waals surface area contributed by atoms with Crippen molar-refractivity contribution in [2.45, 2.75) is 19.4 Å². The molecule has 0 radical (unpaired) electrons. The van der Waals surface area contributed by atoms with E-state index in [1.54, 1.807) is 24.3 Å². The summed E-state index contributed by atoms with van der Waals surface area (Å²) >= 11 is 5.87. The molecular formula is C12H16ClNO3. The summed E-state index contributed by atoms with van der Waals surface area (Å²) in [4.78, 5) is 11.5. The van der Waals surface area contributed by atoms with Gasteiger partial charge >= 0.3 is 0 Å². The Morgan fingerprint density at radius 1 is 1.53 bits per heavy atom. The molecule has 0 bridgehead atoms. The smallest absolute Gasteiger partial charge is 0.258 e. The van der Waals surface area contributed by atoms with Gasteiger partial charge in [0.05, 0.1) is 5.02 Å². The van der Waals surface area contributed by atoms with Crippen molar-refractivity contribution in [3.05, 3.63) is 29.3 Å². The number of halogens is 1. The first-order chi connectivity index (χ1) is 8.13. The van der Waals surface area contributed by atoms with Gasteiger partial charge in [-0.15, -0.1) is 0 Å². The molecule has 1 unspecified atom stereocenters. The quantitative estimate of drug-likeness (QED) is 0.814. The number of nitrogens with one attached hydrogen (secondary N) is 1. The lowest BCUT2D eigenvalue weighted by Crippen LogP contribution is -2.36. The van der Waals surface area contributed by atoms with Crippen molar-refractivity contribution in [3.8, 4) is 5.75 Å². The van der Waals surface area contributed by atoms with E-state index in [1.807, 2.05) is 6.92 Å². The summed E-state index contributed by atoms with van der Waals surface area (Å²) in [5, 5.41) is 11.9. The van der Waals surface area contributed by atoms with Crippen molar-refractivity contribution in [1.82, 2.24) is 5.32 Å². The molecule has 0 saturated heterocycles. The Labute approximate surface area is 106 Å². The second-order valence-corrected chi connectivity index (χ2v) is 4.11. The number of aliphatic hydroxyl groups is 1. The third-order valence-corrected chi connectivity index (χ3v) is 2.48. The van der Waals surface area contributed by atoms with Crippen molar-refractivity contribution in [3.63, 3.8) is 0 Å². The number of para-hydroxylation sites is 1. The lowest BCUT2D eigenvalue weighted by Gasteiger charge is -2.13. The summed E-state index contributed by atoms with van der Waals surface area (Å²) in [5.74, 6) is 0.255.